The zero-order valence-electron chi connectivity index (χ0n) is 13.9. The van der Waals surface area contributed by atoms with E-state index >= 15 is 0 Å². The van der Waals surface area contributed by atoms with E-state index in [4.69, 9.17) is 9.32 Å². The third-order valence-corrected chi connectivity index (χ3v) is 7.29. The lowest BCUT2D eigenvalue weighted by Gasteiger charge is -2.50. The molecule has 0 heterocycles. The third kappa shape index (κ3) is 2.55. The molecule has 0 aromatic heterocycles. The molecule has 0 amide bonds. The van der Waals surface area contributed by atoms with Gasteiger partial charge in [0.05, 0.1) is 6.10 Å². The van der Waals surface area contributed by atoms with Gasteiger partial charge in [-0.2, -0.15) is 13.6 Å². The predicted octanol–water partition coefficient (Wildman–Crippen LogP) is 2.49. The Bertz CT molecular complexity index is 762. The molecule has 2 fully saturated rings. The molecule has 5 nitrogen and oxygen atoms in total. The van der Waals surface area contributed by atoms with Crippen molar-refractivity contribution in [2.75, 3.05) is 0 Å². The van der Waals surface area contributed by atoms with E-state index in [1.807, 2.05) is 12.1 Å². The second kappa shape index (κ2) is 5.44. The lowest BCUT2D eigenvalue weighted by Crippen LogP contribution is -2.43. The molecule has 4 rings (SSSR count). The Morgan fingerprint density at radius 2 is 2.04 bits per heavy atom. The van der Waals surface area contributed by atoms with Crippen molar-refractivity contribution in [3.63, 3.8) is 0 Å². The molecule has 1 aromatic carbocycles. The Labute approximate surface area is 143 Å². The maximum Gasteiger partial charge on any atom is 0.380 e. The number of aliphatic hydroxyl groups excluding tert-OH is 1. The van der Waals surface area contributed by atoms with Crippen molar-refractivity contribution in [3.8, 4) is 5.75 Å². The van der Waals surface area contributed by atoms with Gasteiger partial charge in [-0.25, -0.2) is 0 Å². The highest BCUT2D eigenvalue weighted by molar-refractivity contribution is 7.84. The first kappa shape index (κ1) is 16.4. The largest absolute Gasteiger partial charge is 0.393 e. The van der Waals surface area contributed by atoms with Gasteiger partial charge in [0.15, 0.2) is 0 Å². The molecule has 0 aliphatic heterocycles. The highest BCUT2D eigenvalue weighted by Gasteiger charge is 2.54. The van der Waals surface area contributed by atoms with Crippen LogP contribution in [0, 0.1) is 17.3 Å². The van der Waals surface area contributed by atoms with Crippen LogP contribution in [0.1, 0.15) is 56.1 Å². The molecule has 132 valence electrons. The van der Waals surface area contributed by atoms with Gasteiger partial charge >= 0.3 is 10.3 Å². The number of hydrogen-bond donors (Lipinski definition) is 2. The average Bonchev–Trinajstić information content (AvgIpc) is 2.81. The summed E-state index contributed by atoms with van der Waals surface area (Å²) in [5, 5.41) is 15.4. The highest BCUT2D eigenvalue weighted by atomic mass is 32.2. The Morgan fingerprint density at radius 1 is 1.25 bits per heavy atom. The van der Waals surface area contributed by atoms with Gasteiger partial charge in [0.2, 0.25) is 0 Å². The number of nitrogens with two attached hydrogens (primary N) is 1. The summed E-state index contributed by atoms with van der Waals surface area (Å²) < 4.78 is 27.1. The van der Waals surface area contributed by atoms with Gasteiger partial charge in [0.1, 0.15) is 5.75 Å². The number of aryl methyl sites for hydroxylation is 1. The van der Waals surface area contributed by atoms with E-state index in [2.05, 4.69) is 6.92 Å². The smallest absolute Gasteiger partial charge is 0.380 e. The molecule has 0 saturated heterocycles. The first-order chi connectivity index (χ1) is 11.3. The van der Waals surface area contributed by atoms with E-state index in [0.717, 1.165) is 38.5 Å². The summed E-state index contributed by atoms with van der Waals surface area (Å²) in [6.07, 6.45) is 6.09. The molecule has 3 unspecified atom stereocenters. The van der Waals surface area contributed by atoms with Gasteiger partial charge < -0.3 is 9.29 Å². The van der Waals surface area contributed by atoms with Crippen molar-refractivity contribution in [1.29, 1.82) is 0 Å². The van der Waals surface area contributed by atoms with Crippen LogP contribution in [0.4, 0.5) is 0 Å². The van der Waals surface area contributed by atoms with Gasteiger partial charge in [-0.15, -0.1) is 0 Å². The molecular formula is C18H25NO4S. The third-order valence-electron chi connectivity index (χ3n) is 6.86. The van der Waals surface area contributed by atoms with Gasteiger partial charge in [-0.1, -0.05) is 13.0 Å². The fourth-order valence-corrected chi connectivity index (χ4v) is 6.09. The predicted molar refractivity (Wildman–Crippen MR) is 90.8 cm³/mol. The van der Waals surface area contributed by atoms with Crippen LogP contribution in [0.15, 0.2) is 18.2 Å². The van der Waals surface area contributed by atoms with E-state index in [0.29, 0.717) is 23.5 Å². The summed E-state index contributed by atoms with van der Waals surface area (Å²) in [7, 11) is -3.98. The van der Waals surface area contributed by atoms with E-state index in [1.165, 1.54) is 11.1 Å². The fourth-order valence-electron chi connectivity index (χ4n) is 5.72. The molecule has 1 aromatic rings. The van der Waals surface area contributed by atoms with Crippen LogP contribution in [0.2, 0.25) is 0 Å². The molecule has 24 heavy (non-hydrogen) atoms. The number of aliphatic hydroxyl groups is 1. The van der Waals surface area contributed by atoms with E-state index < -0.39 is 10.3 Å². The quantitative estimate of drug-likeness (QED) is 0.856. The van der Waals surface area contributed by atoms with Gasteiger partial charge in [0.25, 0.3) is 0 Å². The van der Waals surface area contributed by atoms with Crippen LogP contribution in [0.5, 0.6) is 5.75 Å². The SMILES string of the molecule is C[C@]12CCC3c4ccc(OS(N)(=O)=O)cc4CCC3C1CC[C@@H]2O. The minimum absolute atomic E-state index is 0.0787. The van der Waals surface area contributed by atoms with Crippen LogP contribution in [0.25, 0.3) is 0 Å². The Hall–Kier alpha value is -1.11. The molecule has 0 bridgehead atoms. The summed E-state index contributed by atoms with van der Waals surface area (Å²) >= 11 is 0. The summed E-state index contributed by atoms with van der Waals surface area (Å²) in [6, 6.07) is 5.55. The van der Waals surface area contributed by atoms with Gasteiger partial charge in [-0.05, 0) is 85.0 Å². The molecule has 6 heteroatoms. The maximum absolute atomic E-state index is 11.1. The highest BCUT2D eigenvalue weighted by Crippen LogP contribution is 2.60. The van der Waals surface area contributed by atoms with Crippen molar-refractivity contribution in [1.82, 2.24) is 0 Å². The normalized spacial score (nSPS) is 38.1. The maximum atomic E-state index is 11.1. The summed E-state index contributed by atoms with van der Waals surface area (Å²) in [5.74, 6) is 2.03. The van der Waals surface area contributed by atoms with Crippen LogP contribution in [0.3, 0.4) is 0 Å². The molecule has 3 aliphatic carbocycles. The zero-order valence-corrected chi connectivity index (χ0v) is 14.8. The topological polar surface area (TPSA) is 89.6 Å². The van der Waals surface area contributed by atoms with Crippen LogP contribution < -0.4 is 9.32 Å². The number of rotatable bonds is 2. The van der Waals surface area contributed by atoms with E-state index in [-0.39, 0.29) is 11.5 Å². The fraction of sp³-hybridized carbons (Fsp3) is 0.667. The van der Waals surface area contributed by atoms with Crippen molar-refractivity contribution >= 4 is 10.3 Å². The minimum Gasteiger partial charge on any atom is -0.393 e. The summed E-state index contributed by atoms with van der Waals surface area (Å²) in [5.41, 5.74) is 2.59. The molecule has 3 aliphatic rings. The zero-order chi connectivity index (χ0) is 17.1. The van der Waals surface area contributed by atoms with Crippen LogP contribution in [-0.2, 0) is 16.7 Å². The average molecular weight is 351 g/mol. The molecule has 3 N–H and O–H groups in total. The van der Waals surface area contributed by atoms with Crippen molar-refractivity contribution < 1.29 is 17.7 Å². The van der Waals surface area contributed by atoms with Crippen molar-refractivity contribution in [2.24, 2.45) is 22.4 Å². The summed E-state index contributed by atoms with van der Waals surface area (Å²) in [6.45, 7) is 2.27. The molecule has 0 radical (unpaired) electrons. The lowest BCUT2D eigenvalue weighted by atomic mass is 9.55. The van der Waals surface area contributed by atoms with Crippen LogP contribution in [-0.4, -0.2) is 19.6 Å². The second-order valence-electron chi connectivity index (χ2n) is 7.99. The molecular weight excluding hydrogens is 326 g/mol. The second-order valence-corrected chi connectivity index (χ2v) is 9.14. The Kier molecular flexibility index (Phi) is 3.71. The number of fused-ring (bicyclic) bond motifs is 5. The molecule has 5 atom stereocenters. The number of hydrogen-bond acceptors (Lipinski definition) is 4. The van der Waals surface area contributed by atoms with Crippen molar-refractivity contribution in [2.45, 2.75) is 57.5 Å². The van der Waals surface area contributed by atoms with E-state index in [9.17, 15) is 13.5 Å². The Morgan fingerprint density at radius 3 is 2.79 bits per heavy atom. The monoisotopic (exact) mass is 351 g/mol. The van der Waals surface area contributed by atoms with Gasteiger partial charge in [-0.3, -0.25) is 0 Å². The minimum atomic E-state index is -3.98. The van der Waals surface area contributed by atoms with Crippen LogP contribution >= 0.6 is 0 Å². The summed E-state index contributed by atoms with van der Waals surface area (Å²) in [4.78, 5) is 0. The molecule has 2 saturated carbocycles. The van der Waals surface area contributed by atoms with Gasteiger partial charge in [0, 0.05) is 0 Å². The number of benzene rings is 1. The standard InChI is InChI=1S/C18H25NO4S/c1-18-9-8-14-13-5-3-12(23-24(19,21)22)10-11(13)2-4-15(14)16(18)6-7-17(18)20/h3,5,10,14-17,20H,2,4,6-9H2,1H3,(H2,19,21,22)/t14?,15?,16?,17-,18-/m0/s1. The first-order valence-corrected chi connectivity index (χ1v) is 10.3. The molecule has 0 spiro atoms. The van der Waals surface area contributed by atoms with E-state index in [1.54, 1.807) is 6.07 Å². The van der Waals surface area contributed by atoms with Crippen molar-refractivity contribution in [3.05, 3.63) is 29.3 Å². The Balaban J connectivity index is 1.63. The lowest BCUT2D eigenvalue weighted by molar-refractivity contribution is -0.0226. The first-order valence-electron chi connectivity index (χ1n) is 8.81.